The van der Waals surface area contributed by atoms with E-state index in [1.54, 1.807) is 30.3 Å². The molecule has 0 aliphatic heterocycles. The van der Waals surface area contributed by atoms with Crippen LogP contribution >= 0.6 is 0 Å². The fourth-order valence-electron chi connectivity index (χ4n) is 2.56. The monoisotopic (exact) mass is 391 g/mol. The van der Waals surface area contributed by atoms with Crippen LogP contribution in [0.15, 0.2) is 70.2 Å². The molecule has 7 heteroatoms. The number of nitrogens with zero attached hydrogens (tertiary/aromatic N) is 1. The van der Waals surface area contributed by atoms with Gasteiger partial charge in [-0.1, -0.05) is 29.8 Å². The number of rotatable bonds is 7. The number of methoxy groups -OCH3 is 1. The highest BCUT2D eigenvalue weighted by molar-refractivity contribution is 5.90. The van der Waals surface area contributed by atoms with Gasteiger partial charge in [-0.2, -0.15) is 5.10 Å². The number of carbonyl (C=O) groups is 2. The maximum absolute atomic E-state index is 11.9. The van der Waals surface area contributed by atoms with Crippen LogP contribution < -0.4 is 10.7 Å². The number of hydrogen-bond acceptors (Lipinski definition) is 6. The summed E-state index contributed by atoms with van der Waals surface area (Å²) < 4.78 is 10.4. The first kappa shape index (κ1) is 19.9. The molecular formula is C22H21N3O4. The first-order valence-corrected chi connectivity index (χ1v) is 8.96. The molecule has 0 saturated carbocycles. The summed E-state index contributed by atoms with van der Waals surface area (Å²) in [6.45, 7) is 2.10. The number of anilines is 1. The first-order valence-electron chi connectivity index (χ1n) is 8.96. The Morgan fingerprint density at radius 3 is 2.66 bits per heavy atom. The number of hydrazone groups is 1. The van der Waals surface area contributed by atoms with Crippen LogP contribution in [0.5, 0.6) is 0 Å². The maximum atomic E-state index is 11.9. The van der Waals surface area contributed by atoms with Crippen molar-refractivity contribution in [1.82, 2.24) is 5.43 Å². The van der Waals surface area contributed by atoms with Crippen molar-refractivity contribution >= 4 is 23.8 Å². The van der Waals surface area contributed by atoms with Crippen molar-refractivity contribution in [2.24, 2.45) is 5.10 Å². The van der Waals surface area contributed by atoms with Gasteiger partial charge in [0, 0.05) is 11.3 Å². The Morgan fingerprint density at radius 1 is 1.10 bits per heavy atom. The summed E-state index contributed by atoms with van der Waals surface area (Å²) in [7, 11) is 1.33. The lowest BCUT2D eigenvalue weighted by molar-refractivity contribution is -0.119. The Kier molecular flexibility index (Phi) is 6.42. The highest BCUT2D eigenvalue weighted by Crippen LogP contribution is 2.22. The summed E-state index contributed by atoms with van der Waals surface area (Å²) in [4.78, 5) is 23.5. The Balaban J connectivity index is 1.54. The SMILES string of the molecule is COC(=O)c1cccc(-c2ccc(/C=N\NC(=O)CNc3ccc(C)cc3)o2)c1. The molecule has 1 aromatic heterocycles. The van der Waals surface area contributed by atoms with Crippen molar-refractivity contribution in [3.8, 4) is 11.3 Å². The molecule has 7 nitrogen and oxygen atoms in total. The topological polar surface area (TPSA) is 92.9 Å². The molecule has 0 saturated heterocycles. The molecule has 0 fully saturated rings. The lowest BCUT2D eigenvalue weighted by Crippen LogP contribution is -2.25. The molecule has 1 amide bonds. The lowest BCUT2D eigenvalue weighted by Gasteiger charge is -2.05. The molecule has 0 spiro atoms. The first-order chi connectivity index (χ1) is 14.0. The van der Waals surface area contributed by atoms with E-state index in [0.29, 0.717) is 17.1 Å². The third-order valence-corrected chi connectivity index (χ3v) is 4.08. The highest BCUT2D eigenvalue weighted by atomic mass is 16.5. The van der Waals surface area contributed by atoms with E-state index in [4.69, 9.17) is 9.15 Å². The van der Waals surface area contributed by atoms with Crippen LogP contribution in [0.1, 0.15) is 21.7 Å². The van der Waals surface area contributed by atoms with Gasteiger partial charge >= 0.3 is 5.97 Å². The van der Waals surface area contributed by atoms with E-state index >= 15 is 0 Å². The molecule has 148 valence electrons. The maximum Gasteiger partial charge on any atom is 0.337 e. The van der Waals surface area contributed by atoms with Crippen LogP contribution in [0.25, 0.3) is 11.3 Å². The van der Waals surface area contributed by atoms with E-state index < -0.39 is 5.97 Å². The van der Waals surface area contributed by atoms with Crippen LogP contribution in [0, 0.1) is 6.92 Å². The van der Waals surface area contributed by atoms with Gasteiger partial charge in [0.1, 0.15) is 11.5 Å². The van der Waals surface area contributed by atoms with Crippen LogP contribution in [-0.2, 0) is 9.53 Å². The second-order valence-corrected chi connectivity index (χ2v) is 6.29. The molecule has 3 aromatic rings. The molecule has 2 N–H and O–H groups in total. The summed E-state index contributed by atoms with van der Waals surface area (Å²) in [6, 6.07) is 18.2. The van der Waals surface area contributed by atoms with E-state index in [2.05, 4.69) is 15.8 Å². The number of ether oxygens (including phenoxy) is 1. The summed E-state index contributed by atoms with van der Waals surface area (Å²) in [5, 5.41) is 6.92. The van der Waals surface area contributed by atoms with E-state index in [9.17, 15) is 9.59 Å². The van der Waals surface area contributed by atoms with Crippen LogP contribution in [-0.4, -0.2) is 31.7 Å². The highest BCUT2D eigenvalue weighted by Gasteiger charge is 2.09. The molecule has 0 aliphatic rings. The summed E-state index contributed by atoms with van der Waals surface area (Å²) in [5.41, 5.74) is 5.62. The fraction of sp³-hybridized carbons (Fsp3) is 0.136. The van der Waals surface area contributed by atoms with Gasteiger partial charge in [-0.05, 0) is 43.3 Å². The lowest BCUT2D eigenvalue weighted by atomic mass is 10.1. The molecule has 3 rings (SSSR count). The molecule has 0 atom stereocenters. The Morgan fingerprint density at radius 2 is 1.90 bits per heavy atom. The van der Waals surface area contributed by atoms with Gasteiger partial charge < -0.3 is 14.5 Å². The number of esters is 1. The van der Waals surface area contributed by atoms with Gasteiger partial charge in [0.25, 0.3) is 5.91 Å². The zero-order chi connectivity index (χ0) is 20.6. The predicted octanol–water partition coefficient (Wildman–Crippen LogP) is 3.60. The largest absolute Gasteiger partial charge is 0.465 e. The normalized spacial score (nSPS) is 10.7. The van der Waals surface area contributed by atoms with Crippen molar-refractivity contribution in [2.45, 2.75) is 6.92 Å². The summed E-state index contributed by atoms with van der Waals surface area (Å²) in [6.07, 6.45) is 1.41. The number of amides is 1. The minimum Gasteiger partial charge on any atom is -0.465 e. The molecule has 0 bridgehead atoms. The van der Waals surface area contributed by atoms with Gasteiger partial charge in [0.05, 0.1) is 25.4 Å². The molecule has 2 aromatic carbocycles. The van der Waals surface area contributed by atoms with Crippen molar-refractivity contribution in [2.75, 3.05) is 19.0 Å². The molecule has 0 radical (unpaired) electrons. The van der Waals surface area contributed by atoms with Crippen LogP contribution in [0.4, 0.5) is 5.69 Å². The van der Waals surface area contributed by atoms with Gasteiger partial charge in [0.2, 0.25) is 0 Å². The third kappa shape index (κ3) is 5.55. The molecule has 29 heavy (non-hydrogen) atoms. The minimum absolute atomic E-state index is 0.101. The number of furan rings is 1. The van der Waals surface area contributed by atoms with Crippen molar-refractivity contribution in [1.29, 1.82) is 0 Å². The van der Waals surface area contributed by atoms with E-state index in [0.717, 1.165) is 16.8 Å². The summed E-state index contributed by atoms with van der Waals surface area (Å²) in [5.74, 6) is 0.348. The second kappa shape index (κ2) is 9.36. The Labute approximate surface area is 168 Å². The van der Waals surface area contributed by atoms with E-state index in [1.165, 1.54) is 13.3 Å². The number of aryl methyl sites for hydroxylation is 1. The van der Waals surface area contributed by atoms with Gasteiger partial charge in [-0.3, -0.25) is 4.79 Å². The molecule has 0 unspecified atom stereocenters. The molecule has 1 heterocycles. The zero-order valence-corrected chi connectivity index (χ0v) is 16.1. The predicted molar refractivity (Wildman–Crippen MR) is 111 cm³/mol. The van der Waals surface area contributed by atoms with Crippen LogP contribution in [0.3, 0.4) is 0 Å². The minimum atomic E-state index is -0.415. The van der Waals surface area contributed by atoms with Crippen LogP contribution in [0.2, 0.25) is 0 Å². The molecular weight excluding hydrogens is 370 g/mol. The second-order valence-electron chi connectivity index (χ2n) is 6.29. The van der Waals surface area contributed by atoms with Crippen molar-refractivity contribution in [3.63, 3.8) is 0 Å². The summed E-state index contributed by atoms with van der Waals surface area (Å²) >= 11 is 0. The average Bonchev–Trinajstić information content (AvgIpc) is 3.22. The Bertz CT molecular complexity index is 1020. The number of hydrogen-bond donors (Lipinski definition) is 2. The number of carbonyl (C=O) groups excluding carboxylic acids is 2. The average molecular weight is 391 g/mol. The molecule has 0 aliphatic carbocycles. The van der Waals surface area contributed by atoms with E-state index in [1.807, 2.05) is 37.3 Å². The fourth-order valence-corrected chi connectivity index (χ4v) is 2.56. The Hall–Kier alpha value is -3.87. The third-order valence-electron chi connectivity index (χ3n) is 4.08. The zero-order valence-electron chi connectivity index (χ0n) is 16.1. The number of nitrogens with one attached hydrogen (secondary N) is 2. The number of benzene rings is 2. The standard InChI is InChI=1S/C22H21N3O4/c1-15-6-8-18(9-7-15)23-14-21(26)25-24-13-19-10-11-20(29-19)16-4-3-5-17(12-16)22(27)28-2/h3-13,23H,14H2,1-2H3,(H,25,26)/b24-13-. The van der Waals surface area contributed by atoms with Gasteiger partial charge in [0.15, 0.2) is 0 Å². The van der Waals surface area contributed by atoms with Crippen molar-refractivity contribution < 1.29 is 18.7 Å². The van der Waals surface area contributed by atoms with E-state index in [-0.39, 0.29) is 12.5 Å². The smallest absolute Gasteiger partial charge is 0.337 e. The van der Waals surface area contributed by atoms with Gasteiger partial charge in [-0.25, -0.2) is 10.2 Å². The quantitative estimate of drug-likeness (QED) is 0.365. The van der Waals surface area contributed by atoms with Crippen molar-refractivity contribution in [3.05, 3.63) is 77.6 Å². The van der Waals surface area contributed by atoms with Gasteiger partial charge in [-0.15, -0.1) is 0 Å².